The van der Waals surface area contributed by atoms with Crippen molar-refractivity contribution in [3.63, 3.8) is 0 Å². The number of hydrogen-bond donors (Lipinski definition) is 1. The molecule has 0 unspecified atom stereocenters. The molecule has 0 fully saturated rings. The number of fused-ring (bicyclic) bond motifs is 1. The Balaban J connectivity index is 1.28. The van der Waals surface area contributed by atoms with Gasteiger partial charge in [-0.25, -0.2) is 0 Å². The quantitative estimate of drug-likeness (QED) is 0.650. The number of aromatic nitrogens is 2. The van der Waals surface area contributed by atoms with Gasteiger partial charge in [0.1, 0.15) is 0 Å². The van der Waals surface area contributed by atoms with Gasteiger partial charge in [0.2, 0.25) is 5.91 Å². The number of amides is 3. The maximum absolute atomic E-state index is 12.3. The second-order valence-corrected chi connectivity index (χ2v) is 7.10. The fourth-order valence-electron chi connectivity index (χ4n) is 3.08. The van der Waals surface area contributed by atoms with Gasteiger partial charge in [0.25, 0.3) is 11.8 Å². The Morgan fingerprint density at radius 2 is 1.68 bits per heavy atom. The summed E-state index contributed by atoms with van der Waals surface area (Å²) >= 11 is 1.31. The Hall–Kier alpha value is -3.39. The minimum absolute atomic E-state index is 0.163. The lowest BCUT2D eigenvalue weighted by Crippen LogP contribution is -2.31. The summed E-state index contributed by atoms with van der Waals surface area (Å²) in [5.74, 6) is -0.757. The topological polar surface area (TPSA) is 92.3 Å². The van der Waals surface area contributed by atoms with Crippen molar-refractivity contribution in [3.8, 4) is 10.4 Å². The molecular formula is C20H16N4O3S. The molecule has 3 amide bonds. The van der Waals surface area contributed by atoms with E-state index in [-0.39, 0.29) is 30.7 Å². The molecule has 1 N–H and O–H groups in total. The van der Waals surface area contributed by atoms with Crippen molar-refractivity contribution >= 4 is 34.9 Å². The summed E-state index contributed by atoms with van der Waals surface area (Å²) in [6.45, 7) is 0.219. The zero-order valence-electron chi connectivity index (χ0n) is 14.8. The number of nitrogens with zero attached hydrogens (tertiary/aromatic N) is 3. The van der Waals surface area contributed by atoms with Crippen LogP contribution in [-0.4, -0.2) is 38.8 Å². The second kappa shape index (κ2) is 7.69. The van der Waals surface area contributed by atoms with Crippen molar-refractivity contribution in [1.29, 1.82) is 0 Å². The van der Waals surface area contributed by atoms with Crippen LogP contribution >= 0.6 is 11.5 Å². The molecule has 7 nitrogen and oxygen atoms in total. The molecule has 3 aromatic rings. The third kappa shape index (κ3) is 3.54. The molecular weight excluding hydrogens is 376 g/mol. The van der Waals surface area contributed by atoms with Crippen molar-refractivity contribution in [2.75, 3.05) is 11.9 Å². The van der Waals surface area contributed by atoms with Gasteiger partial charge in [-0.2, -0.15) is 0 Å². The van der Waals surface area contributed by atoms with Crippen LogP contribution in [0.4, 0.5) is 5.69 Å². The summed E-state index contributed by atoms with van der Waals surface area (Å²) in [7, 11) is 0. The smallest absolute Gasteiger partial charge is 0.261 e. The average molecular weight is 392 g/mol. The Kier molecular flexibility index (Phi) is 4.94. The van der Waals surface area contributed by atoms with Gasteiger partial charge in [-0.05, 0) is 47.8 Å². The second-order valence-electron chi connectivity index (χ2n) is 6.32. The van der Waals surface area contributed by atoms with Gasteiger partial charge in [-0.15, -0.1) is 5.10 Å². The molecule has 8 heteroatoms. The summed E-state index contributed by atoms with van der Waals surface area (Å²) < 4.78 is 3.83. The first-order chi connectivity index (χ1) is 13.6. The minimum Gasteiger partial charge on any atom is -0.326 e. The van der Waals surface area contributed by atoms with Crippen LogP contribution in [0.1, 0.15) is 33.6 Å². The van der Waals surface area contributed by atoms with E-state index in [1.165, 1.54) is 16.4 Å². The molecule has 0 saturated heterocycles. The predicted molar refractivity (Wildman–Crippen MR) is 105 cm³/mol. The van der Waals surface area contributed by atoms with Gasteiger partial charge >= 0.3 is 0 Å². The van der Waals surface area contributed by atoms with E-state index in [0.717, 1.165) is 10.4 Å². The minimum atomic E-state index is -0.297. The van der Waals surface area contributed by atoms with E-state index in [4.69, 9.17) is 0 Å². The number of carbonyl (C=O) groups is 3. The molecule has 0 bridgehead atoms. The zero-order valence-corrected chi connectivity index (χ0v) is 15.6. The van der Waals surface area contributed by atoms with Crippen LogP contribution in [0.15, 0.2) is 54.7 Å². The fraction of sp³-hybridized carbons (Fsp3) is 0.150. The van der Waals surface area contributed by atoms with Crippen LogP contribution in [0.3, 0.4) is 0 Å². The Morgan fingerprint density at radius 3 is 2.29 bits per heavy atom. The molecule has 140 valence electrons. The summed E-state index contributed by atoms with van der Waals surface area (Å²) in [5.41, 5.74) is 2.52. The van der Waals surface area contributed by atoms with E-state index >= 15 is 0 Å². The van der Waals surface area contributed by atoms with Crippen LogP contribution in [0.2, 0.25) is 0 Å². The summed E-state index contributed by atoms with van der Waals surface area (Å²) in [6, 6.07) is 14.2. The number of rotatable bonds is 6. The van der Waals surface area contributed by atoms with Crippen molar-refractivity contribution in [2.24, 2.45) is 0 Å². The molecule has 2 aromatic carbocycles. The molecule has 0 saturated carbocycles. The highest BCUT2D eigenvalue weighted by Gasteiger charge is 2.34. The Morgan fingerprint density at radius 1 is 1.00 bits per heavy atom. The number of nitrogens with one attached hydrogen (secondary N) is 1. The van der Waals surface area contributed by atoms with Crippen molar-refractivity contribution in [2.45, 2.75) is 12.8 Å². The van der Waals surface area contributed by atoms with E-state index in [2.05, 4.69) is 14.9 Å². The maximum Gasteiger partial charge on any atom is 0.261 e. The van der Waals surface area contributed by atoms with E-state index < -0.39 is 0 Å². The largest absolute Gasteiger partial charge is 0.326 e. The third-order valence-electron chi connectivity index (χ3n) is 4.48. The standard InChI is InChI=1S/C20H16N4O3S/c25-18(22-14-9-7-13(8-10-14)17-12-21-23-28-17)6-3-11-24-19(26)15-4-1-2-5-16(15)20(24)27/h1-2,4-5,7-10,12H,3,6,11H2,(H,22,25). The average Bonchev–Trinajstić information content (AvgIpc) is 3.32. The first-order valence-corrected chi connectivity index (χ1v) is 9.54. The maximum atomic E-state index is 12.3. The van der Waals surface area contributed by atoms with Crippen LogP contribution in [0, 0.1) is 0 Å². The highest BCUT2D eigenvalue weighted by Crippen LogP contribution is 2.24. The van der Waals surface area contributed by atoms with Crippen molar-refractivity contribution in [1.82, 2.24) is 14.5 Å². The third-order valence-corrected chi connectivity index (χ3v) is 5.19. The van der Waals surface area contributed by atoms with Gasteiger partial charge in [0, 0.05) is 18.7 Å². The van der Waals surface area contributed by atoms with Crippen LogP contribution < -0.4 is 5.32 Å². The molecule has 1 aliphatic heterocycles. The normalized spacial score (nSPS) is 12.9. The number of imide groups is 1. The molecule has 2 heterocycles. The van der Waals surface area contributed by atoms with E-state index in [1.807, 2.05) is 24.3 Å². The van der Waals surface area contributed by atoms with E-state index in [0.29, 0.717) is 23.2 Å². The lowest BCUT2D eigenvalue weighted by Gasteiger charge is -2.13. The van der Waals surface area contributed by atoms with Gasteiger partial charge in [-0.1, -0.05) is 28.8 Å². The van der Waals surface area contributed by atoms with Gasteiger partial charge in [0.15, 0.2) is 0 Å². The van der Waals surface area contributed by atoms with Gasteiger partial charge < -0.3 is 5.32 Å². The van der Waals surface area contributed by atoms with E-state index in [9.17, 15) is 14.4 Å². The summed E-state index contributed by atoms with van der Waals surface area (Å²) in [5, 5.41) is 6.63. The highest BCUT2D eigenvalue weighted by atomic mass is 32.1. The lowest BCUT2D eigenvalue weighted by molar-refractivity contribution is -0.116. The predicted octanol–water partition coefficient (Wildman–Crippen LogP) is 3.22. The Labute approximate surface area is 165 Å². The van der Waals surface area contributed by atoms with Crippen LogP contribution in [-0.2, 0) is 4.79 Å². The first kappa shape index (κ1) is 18.0. The molecule has 1 aliphatic rings. The molecule has 0 radical (unpaired) electrons. The van der Waals surface area contributed by atoms with Crippen LogP contribution in [0.5, 0.6) is 0 Å². The molecule has 4 rings (SSSR count). The van der Waals surface area contributed by atoms with Crippen molar-refractivity contribution in [3.05, 3.63) is 65.9 Å². The molecule has 1 aromatic heterocycles. The lowest BCUT2D eigenvalue weighted by atomic mass is 10.1. The summed E-state index contributed by atoms with van der Waals surface area (Å²) in [4.78, 5) is 38.9. The number of carbonyl (C=O) groups excluding carboxylic acids is 3. The SMILES string of the molecule is O=C(CCCN1C(=O)c2ccccc2C1=O)Nc1ccc(-c2cnns2)cc1. The van der Waals surface area contributed by atoms with Gasteiger partial charge in [-0.3, -0.25) is 19.3 Å². The molecule has 0 spiro atoms. The Bertz CT molecular complexity index is 997. The number of hydrogen-bond acceptors (Lipinski definition) is 6. The first-order valence-electron chi connectivity index (χ1n) is 8.76. The monoisotopic (exact) mass is 392 g/mol. The molecule has 0 atom stereocenters. The zero-order chi connectivity index (χ0) is 19.5. The number of benzene rings is 2. The molecule has 28 heavy (non-hydrogen) atoms. The number of anilines is 1. The molecule has 0 aliphatic carbocycles. The van der Waals surface area contributed by atoms with E-state index in [1.54, 1.807) is 30.5 Å². The highest BCUT2D eigenvalue weighted by molar-refractivity contribution is 7.09. The summed E-state index contributed by atoms with van der Waals surface area (Å²) in [6.07, 6.45) is 2.31. The van der Waals surface area contributed by atoms with Crippen molar-refractivity contribution < 1.29 is 14.4 Å². The van der Waals surface area contributed by atoms with Gasteiger partial charge in [0.05, 0.1) is 22.2 Å². The fourth-order valence-corrected chi connectivity index (χ4v) is 3.59. The van der Waals surface area contributed by atoms with Crippen LogP contribution in [0.25, 0.3) is 10.4 Å².